The van der Waals surface area contributed by atoms with Gasteiger partial charge in [0.1, 0.15) is 5.82 Å². The van der Waals surface area contributed by atoms with Gasteiger partial charge in [0.15, 0.2) is 17.1 Å². The Morgan fingerprint density at radius 1 is 0.921 bits per heavy atom. The number of hydrogen-bond acceptors (Lipinski definition) is 7. The molecule has 3 aromatic heterocycles. The third kappa shape index (κ3) is 5.04. The topological polar surface area (TPSA) is 108 Å². The Labute approximate surface area is 219 Å². The third-order valence-corrected chi connectivity index (χ3v) is 6.39. The van der Waals surface area contributed by atoms with Crippen LogP contribution >= 0.6 is 0 Å². The number of amides is 1. The van der Waals surface area contributed by atoms with Crippen LogP contribution in [0.15, 0.2) is 77.9 Å². The lowest BCUT2D eigenvalue weighted by atomic mass is 10.1. The molecule has 5 rings (SSSR count). The molecule has 1 amide bonds. The average Bonchev–Trinajstić information content (AvgIpc) is 2.96. The molecule has 0 atom stereocenters. The molecule has 0 saturated heterocycles. The van der Waals surface area contributed by atoms with Crippen LogP contribution in [0.4, 0.5) is 0 Å². The number of fused-ring (bicyclic) bond motifs is 2. The maximum Gasteiger partial charge on any atom is 0.263 e. The smallest absolute Gasteiger partial charge is 0.263 e. The Morgan fingerprint density at radius 3 is 2.55 bits per heavy atom. The summed E-state index contributed by atoms with van der Waals surface area (Å²) in [5, 5.41) is 4.30. The first kappa shape index (κ1) is 24.9. The van der Waals surface area contributed by atoms with Crippen LogP contribution in [0.25, 0.3) is 21.9 Å². The van der Waals surface area contributed by atoms with E-state index in [0.29, 0.717) is 65.4 Å². The van der Waals surface area contributed by atoms with Gasteiger partial charge in [-0.1, -0.05) is 24.3 Å². The van der Waals surface area contributed by atoms with E-state index in [9.17, 15) is 9.59 Å². The van der Waals surface area contributed by atoms with Crippen LogP contribution in [0.5, 0.6) is 11.5 Å². The van der Waals surface area contributed by atoms with Gasteiger partial charge in [0.05, 0.1) is 30.7 Å². The molecule has 0 unspecified atom stereocenters. The van der Waals surface area contributed by atoms with Crippen molar-refractivity contribution >= 4 is 27.8 Å². The fraction of sp³-hybridized carbons (Fsp3) is 0.207. The van der Waals surface area contributed by atoms with E-state index in [0.717, 1.165) is 10.9 Å². The number of pyridine rings is 2. The number of nitrogens with zero attached hydrogens (tertiary/aromatic N) is 4. The Hall–Kier alpha value is -4.79. The van der Waals surface area contributed by atoms with Gasteiger partial charge in [-0.05, 0) is 48.4 Å². The summed E-state index contributed by atoms with van der Waals surface area (Å²) >= 11 is 0. The number of benzene rings is 2. The highest BCUT2D eigenvalue weighted by atomic mass is 16.5. The van der Waals surface area contributed by atoms with E-state index >= 15 is 0 Å². The normalized spacial score (nSPS) is 11.0. The van der Waals surface area contributed by atoms with Crippen molar-refractivity contribution in [1.82, 2.24) is 24.8 Å². The van der Waals surface area contributed by atoms with E-state index < -0.39 is 0 Å². The zero-order valence-electron chi connectivity index (χ0n) is 21.2. The Kier molecular flexibility index (Phi) is 7.26. The fourth-order valence-electron chi connectivity index (χ4n) is 4.47. The lowest BCUT2D eigenvalue weighted by molar-refractivity contribution is 0.0955. The first-order valence-electron chi connectivity index (χ1n) is 12.3. The number of aryl methyl sites for hydroxylation is 1. The number of rotatable bonds is 9. The molecule has 0 saturated carbocycles. The van der Waals surface area contributed by atoms with Crippen molar-refractivity contribution in [1.29, 1.82) is 0 Å². The minimum Gasteiger partial charge on any atom is -0.493 e. The third-order valence-electron chi connectivity index (χ3n) is 6.39. The van der Waals surface area contributed by atoms with Gasteiger partial charge in [-0.2, -0.15) is 0 Å². The summed E-state index contributed by atoms with van der Waals surface area (Å²) in [6.07, 6.45) is 4.22. The predicted molar refractivity (Wildman–Crippen MR) is 145 cm³/mol. The van der Waals surface area contributed by atoms with Gasteiger partial charge in [0, 0.05) is 37.3 Å². The first-order valence-corrected chi connectivity index (χ1v) is 12.3. The Balaban J connectivity index is 1.37. The highest BCUT2D eigenvalue weighted by molar-refractivity contribution is 6.05. The van der Waals surface area contributed by atoms with Crippen LogP contribution in [0.1, 0.15) is 21.7 Å². The van der Waals surface area contributed by atoms with Crippen LogP contribution < -0.4 is 20.3 Å². The van der Waals surface area contributed by atoms with Crippen molar-refractivity contribution in [3.8, 4) is 11.5 Å². The van der Waals surface area contributed by atoms with Crippen molar-refractivity contribution in [3.63, 3.8) is 0 Å². The first-order chi connectivity index (χ1) is 18.6. The summed E-state index contributed by atoms with van der Waals surface area (Å²) in [6.45, 7) is 0.700. The molecule has 192 valence electrons. The molecule has 38 heavy (non-hydrogen) atoms. The molecule has 0 fully saturated rings. The molecule has 0 aliphatic rings. The Morgan fingerprint density at radius 2 is 1.71 bits per heavy atom. The molecule has 9 nitrogen and oxygen atoms in total. The highest BCUT2D eigenvalue weighted by Crippen LogP contribution is 2.27. The van der Waals surface area contributed by atoms with Crippen LogP contribution in [0, 0.1) is 0 Å². The van der Waals surface area contributed by atoms with Crippen LogP contribution in [0.2, 0.25) is 0 Å². The van der Waals surface area contributed by atoms with Crippen LogP contribution in [-0.4, -0.2) is 46.2 Å². The number of hydrogen-bond donors (Lipinski definition) is 1. The summed E-state index contributed by atoms with van der Waals surface area (Å²) in [6, 6.07) is 18.4. The van der Waals surface area contributed by atoms with E-state index in [1.807, 2.05) is 42.5 Å². The molecule has 5 aromatic rings. The van der Waals surface area contributed by atoms with Crippen molar-refractivity contribution in [3.05, 3.63) is 100 Å². The van der Waals surface area contributed by atoms with Crippen molar-refractivity contribution < 1.29 is 14.3 Å². The molecule has 0 aliphatic carbocycles. The van der Waals surface area contributed by atoms with Gasteiger partial charge in [0.25, 0.3) is 11.5 Å². The van der Waals surface area contributed by atoms with E-state index in [-0.39, 0.29) is 11.5 Å². The molecule has 2 aromatic carbocycles. The second-order valence-electron chi connectivity index (χ2n) is 8.69. The minimum atomic E-state index is -0.229. The van der Waals surface area contributed by atoms with Crippen molar-refractivity contribution in [2.75, 3.05) is 20.8 Å². The monoisotopic (exact) mass is 509 g/mol. The molecule has 0 aliphatic heterocycles. The lowest BCUT2D eigenvalue weighted by Crippen LogP contribution is -2.31. The number of nitrogens with one attached hydrogen (secondary N) is 1. The van der Waals surface area contributed by atoms with Gasteiger partial charge in [-0.25, -0.2) is 9.97 Å². The number of carbonyl (C=O) groups is 1. The second kappa shape index (κ2) is 11.1. The van der Waals surface area contributed by atoms with Gasteiger partial charge in [0.2, 0.25) is 0 Å². The van der Waals surface area contributed by atoms with Crippen LogP contribution in [0.3, 0.4) is 0 Å². The highest BCUT2D eigenvalue weighted by Gasteiger charge is 2.15. The largest absolute Gasteiger partial charge is 0.493 e. The van der Waals surface area contributed by atoms with E-state index in [1.165, 1.54) is 0 Å². The maximum absolute atomic E-state index is 13.4. The molecule has 0 bridgehead atoms. The fourth-order valence-corrected chi connectivity index (χ4v) is 4.47. The summed E-state index contributed by atoms with van der Waals surface area (Å²) < 4.78 is 12.4. The standard InChI is InChI=1S/C29H27N5O4/c1-37-23-11-10-19(18-24(23)38-2)13-17-34-25(33-27-22(29(34)36)9-5-15-31-27)12-16-32-28(35)21-8-3-6-20-7-4-14-30-26(20)21/h3-11,14-15,18H,12-13,16-17H2,1-2H3,(H,32,35). The predicted octanol–water partition coefficient (Wildman–Crippen LogP) is 3.57. The summed E-state index contributed by atoms with van der Waals surface area (Å²) in [4.78, 5) is 39.7. The zero-order valence-corrected chi connectivity index (χ0v) is 21.2. The minimum absolute atomic E-state index is 0.164. The number of methoxy groups -OCH3 is 2. The average molecular weight is 510 g/mol. The molecular formula is C29H27N5O4. The second-order valence-corrected chi connectivity index (χ2v) is 8.69. The van der Waals surface area contributed by atoms with Gasteiger partial charge < -0.3 is 14.8 Å². The SMILES string of the molecule is COc1ccc(CCn2c(CCNC(=O)c3cccc4cccnc34)nc3ncccc3c2=O)cc1OC. The summed E-state index contributed by atoms with van der Waals surface area (Å²) in [7, 11) is 3.18. The maximum atomic E-state index is 13.4. The number of carbonyl (C=O) groups excluding carboxylic acids is 1. The van der Waals surface area contributed by atoms with Gasteiger partial charge in [-0.15, -0.1) is 0 Å². The molecule has 0 spiro atoms. The van der Waals surface area contributed by atoms with Gasteiger partial charge >= 0.3 is 0 Å². The number of aromatic nitrogens is 4. The number of ether oxygens (including phenoxy) is 2. The van der Waals surface area contributed by atoms with Crippen molar-refractivity contribution in [2.45, 2.75) is 19.4 Å². The summed E-state index contributed by atoms with van der Waals surface area (Å²) in [5.41, 5.74) is 2.36. The molecule has 0 radical (unpaired) electrons. The van der Waals surface area contributed by atoms with Crippen LogP contribution in [-0.2, 0) is 19.4 Å². The molecular weight excluding hydrogens is 482 g/mol. The zero-order chi connectivity index (χ0) is 26.5. The lowest BCUT2D eigenvalue weighted by Gasteiger charge is -2.15. The molecule has 3 heterocycles. The Bertz CT molecular complexity index is 1680. The van der Waals surface area contributed by atoms with E-state index in [1.54, 1.807) is 49.4 Å². The quantitative estimate of drug-likeness (QED) is 0.324. The summed E-state index contributed by atoms with van der Waals surface area (Å²) in [5.74, 6) is 1.60. The van der Waals surface area contributed by atoms with E-state index in [2.05, 4.69) is 20.3 Å². The van der Waals surface area contributed by atoms with Gasteiger partial charge in [-0.3, -0.25) is 19.1 Å². The van der Waals surface area contributed by atoms with Crippen molar-refractivity contribution in [2.24, 2.45) is 0 Å². The number of para-hydroxylation sites is 1. The molecule has 9 heteroatoms. The molecule has 1 N–H and O–H groups in total. The van der Waals surface area contributed by atoms with E-state index in [4.69, 9.17) is 9.47 Å².